The number of carbonyl (C=O) groups is 1. The molecule has 0 N–H and O–H groups in total. The van der Waals surface area contributed by atoms with Gasteiger partial charge in [-0.05, 0) is 12.5 Å². The van der Waals surface area contributed by atoms with Gasteiger partial charge in [0.15, 0.2) is 4.90 Å². The zero-order chi connectivity index (χ0) is 18.8. The van der Waals surface area contributed by atoms with Crippen LogP contribution in [0.25, 0.3) is 0 Å². The second kappa shape index (κ2) is 7.09. The van der Waals surface area contributed by atoms with Gasteiger partial charge < -0.3 is 4.90 Å². The molecule has 0 bridgehead atoms. The minimum absolute atomic E-state index is 0.00209. The quantitative estimate of drug-likeness (QED) is 0.582. The maximum absolute atomic E-state index is 12.8. The summed E-state index contributed by atoms with van der Waals surface area (Å²) in [6, 6.07) is 5.31. The Bertz CT molecular complexity index is 768. The molecule has 0 spiro atoms. The number of sulfonamides is 1. The Morgan fingerprint density at radius 2 is 1.76 bits per heavy atom. The van der Waals surface area contributed by atoms with Crippen molar-refractivity contribution in [1.29, 1.82) is 0 Å². The minimum Gasteiger partial charge on any atom is -0.340 e. The largest absolute Gasteiger partial charge is 0.340 e. The maximum Gasteiger partial charge on any atom is 0.289 e. The number of hydrogen-bond donors (Lipinski definition) is 0. The van der Waals surface area contributed by atoms with E-state index in [0.717, 1.165) is 0 Å². The summed E-state index contributed by atoms with van der Waals surface area (Å²) in [6.45, 7) is 6.48. The lowest BCUT2D eigenvalue weighted by atomic mass is 9.88. The topological polar surface area (TPSA) is 101 Å². The molecule has 1 aromatic carbocycles. The lowest BCUT2D eigenvalue weighted by molar-refractivity contribution is -0.387. The summed E-state index contributed by atoms with van der Waals surface area (Å²) < 4.78 is 26.7. The van der Waals surface area contributed by atoms with Gasteiger partial charge in [-0.3, -0.25) is 14.9 Å². The van der Waals surface area contributed by atoms with E-state index in [1.165, 1.54) is 28.6 Å². The number of para-hydroxylation sites is 1. The number of piperazine rings is 1. The average molecular weight is 369 g/mol. The molecule has 0 aromatic heterocycles. The molecule has 0 atom stereocenters. The molecule has 25 heavy (non-hydrogen) atoms. The highest BCUT2D eigenvalue weighted by Gasteiger charge is 2.37. The first-order chi connectivity index (χ1) is 11.6. The van der Waals surface area contributed by atoms with Gasteiger partial charge in [0, 0.05) is 37.7 Å². The molecule has 1 aliphatic heterocycles. The van der Waals surface area contributed by atoms with E-state index >= 15 is 0 Å². The second-order valence-electron chi connectivity index (χ2n) is 6.66. The number of nitrogens with zero attached hydrogens (tertiary/aromatic N) is 3. The molecular formula is C16H23N3O5S. The molecule has 0 radical (unpaired) electrons. The number of hydrogen-bond acceptors (Lipinski definition) is 5. The molecule has 2 rings (SSSR count). The number of nitro benzene ring substituents is 1. The van der Waals surface area contributed by atoms with E-state index in [0.29, 0.717) is 6.42 Å². The van der Waals surface area contributed by atoms with Gasteiger partial charge in [0.25, 0.3) is 5.69 Å². The average Bonchev–Trinajstić information content (AvgIpc) is 2.61. The molecule has 1 amide bonds. The molecule has 0 aliphatic carbocycles. The zero-order valence-corrected chi connectivity index (χ0v) is 15.5. The van der Waals surface area contributed by atoms with Crippen LogP contribution in [0, 0.1) is 15.5 Å². The van der Waals surface area contributed by atoms with Crippen molar-refractivity contribution in [3.63, 3.8) is 0 Å². The van der Waals surface area contributed by atoms with Crippen molar-refractivity contribution < 1.29 is 18.1 Å². The Kier molecular flexibility index (Phi) is 5.48. The smallest absolute Gasteiger partial charge is 0.289 e. The molecule has 138 valence electrons. The first-order valence-corrected chi connectivity index (χ1v) is 9.58. The fourth-order valence-corrected chi connectivity index (χ4v) is 4.26. The fraction of sp³-hybridized carbons (Fsp3) is 0.562. The molecule has 1 fully saturated rings. The predicted octanol–water partition coefficient (Wildman–Crippen LogP) is 1.86. The lowest BCUT2D eigenvalue weighted by Gasteiger charge is -2.37. The maximum atomic E-state index is 12.8. The first-order valence-electron chi connectivity index (χ1n) is 8.14. The van der Waals surface area contributed by atoms with E-state index < -0.39 is 26.0 Å². The summed E-state index contributed by atoms with van der Waals surface area (Å²) in [4.78, 5) is 24.2. The minimum atomic E-state index is -3.97. The van der Waals surface area contributed by atoms with E-state index in [-0.39, 0.29) is 37.0 Å². The number of carbonyl (C=O) groups excluding carboxylic acids is 1. The van der Waals surface area contributed by atoms with Crippen LogP contribution >= 0.6 is 0 Å². The summed E-state index contributed by atoms with van der Waals surface area (Å²) in [7, 11) is -3.97. The molecule has 9 heteroatoms. The second-order valence-corrected chi connectivity index (χ2v) is 8.56. The highest BCUT2D eigenvalue weighted by molar-refractivity contribution is 7.89. The highest BCUT2D eigenvalue weighted by Crippen LogP contribution is 2.28. The van der Waals surface area contributed by atoms with Gasteiger partial charge in [0.1, 0.15) is 0 Å². The van der Waals surface area contributed by atoms with Crippen molar-refractivity contribution in [2.45, 2.75) is 32.1 Å². The first kappa shape index (κ1) is 19.3. The summed E-state index contributed by atoms with van der Waals surface area (Å²) in [6.07, 6.45) is 0.695. The Morgan fingerprint density at radius 3 is 2.28 bits per heavy atom. The summed E-state index contributed by atoms with van der Waals surface area (Å²) >= 11 is 0. The van der Waals surface area contributed by atoms with Crippen LogP contribution in [0.15, 0.2) is 29.2 Å². The van der Waals surface area contributed by atoms with Crippen molar-refractivity contribution >= 4 is 21.6 Å². The number of benzene rings is 1. The Hall–Kier alpha value is -2.00. The van der Waals surface area contributed by atoms with E-state index in [4.69, 9.17) is 0 Å². The third kappa shape index (κ3) is 3.82. The Balaban J connectivity index is 2.18. The van der Waals surface area contributed by atoms with Crippen molar-refractivity contribution in [2.75, 3.05) is 26.2 Å². The van der Waals surface area contributed by atoms with Crippen molar-refractivity contribution in [2.24, 2.45) is 5.41 Å². The lowest BCUT2D eigenvalue weighted by Crippen LogP contribution is -2.53. The van der Waals surface area contributed by atoms with Gasteiger partial charge in [-0.2, -0.15) is 4.31 Å². The number of nitro groups is 1. The van der Waals surface area contributed by atoms with Crippen LogP contribution in [0.4, 0.5) is 5.69 Å². The molecular weight excluding hydrogens is 346 g/mol. The number of rotatable bonds is 5. The van der Waals surface area contributed by atoms with Gasteiger partial charge in [0.2, 0.25) is 15.9 Å². The van der Waals surface area contributed by atoms with Gasteiger partial charge >= 0.3 is 0 Å². The third-order valence-corrected chi connectivity index (χ3v) is 6.61. The van der Waals surface area contributed by atoms with Crippen LogP contribution in [0.5, 0.6) is 0 Å². The van der Waals surface area contributed by atoms with Crippen LogP contribution in [0.2, 0.25) is 0 Å². The van der Waals surface area contributed by atoms with Crippen LogP contribution in [-0.4, -0.2) is 54.6 Å². The molecule has 1 heterocycles. The van der Waals surface area contributed by atoms with Gasteiger partial charge in [0.05, 0.1) is 4.92 Å². The van der Waals surface area contributed by atoms with Crippen molar-refractivity contribution in [3.05, 3.63) is 34.4 Å². The summed E-state index contributed by atoms with van der Waals surface area (Å²) in [5.74, 6) is -0.00209. The van der Waals surface area contributed by atoms with Crippen LogP contribution in [-0.2, 0) is 14.8 Å². The molecule has 0 unspecified atom stereocenters. The van der Waals surface area contributed by atoms with E-state index in [2.05, 4.69) is 0 Å². The normalized spacial score (nSPS) is 16.7. The Labute approximate surface area is 147 Å². The summed E-state index contributed by atoms with van der Waals surface area (Å²) in [5.41, 5.74) is -0.924. The number of amides is 1. The van der Waals surface area contributed by atoms with Gasteiger partial charge in [-0.15, -0.1) is 0 Å². The van der Waals surface area contributed by atoms with Crippen LogP contribution in [0.3, 0.4) is 0 Å². The highest BCUT2D eigenvalue weighted by atomic mass is 32.2. The molecule has 8 nitrogen and oxygen atoms in total. The third-order valence-electron chi connectivity index (χ3n) is 4.67. The SMILES string of the molecule is CCC(C)(C)C(=O)N1CCN(S(=O)(=O)c2ccccc2[N+](=O)[O-])CC1. The van der Waals surface area contributed by atoms with Crippen LogP contribution < -0.4 is 0 Å². The monoisotopic (exact) mass is 369 g/mol. The van der Waals surface area contributed by atoms with E-state index in [9.17, 15) is 23.3 Å². The zero-order valence-electron chi connectivity index (χ0n) is 14.6. The van der Waals surface area contributed by atoms with Gasteiger partial charge in [-0.1, -0.05) is 32.9 Å². The van der Waals surface area contributed by atoms with Crippen molar-refractivity contribution in [1.82, 2.24) is 9.21 Å². The van der Waals surface area contributed by atoms with Crippen LogP contribution in [0.1, 0.15) is 27.2 Å². The fourth-order valence-electron chi connectivity index (χ4n) is 2.68. The molecule has 1 aromatic rings. The molecule has 0 saturated carbocycles. The van der Waals surface area contributed by atoms with Crippen molar-refractivity contribution in [3.8, 4) is 0 Å². The van der Waals surface area contributed by atoms with Gasteiger partial charge in [-0.25, -0.2) is 8.42 Å². The standard InChI is InChI=1S/C16H23N3O5S/c1-4-16(2,3)15(20)17-9-11-18(12-10-17)25(23,24)14-8-6-5-7-13(14)19(21)22/h5-8H,4,9-12H2,1-3H3. The summed E-state index contributed by atoms with van der Waals surface area (Å²) in [5, 5.41) is 11.1. The predicted molar refractivity (Wildman–Crippen MR) is 92.5 cm³/mol. The molecule has 1 saturated heterocycles. The van der Waals surface area contributed by atoms with E-state index in [1.807, 2.05) is 20.8 Å². The Morgan fingerprint density at radius 1 is 1.20 bits per heavy atom. The van der Waals surface area contributed by atoms with E-state index in [1.54, 1.807) is 4.90 Å². The molecule has 1 aliphatic rings.